The lowest BCUT2D eigenvalue weighted by Crippen LogP contribution is -2.34. The number of rotatable bonds is 3. The molecule has 0 N–H and O–H groups in total. The van der Waals surface area contributed by atoms with E-state index in [4.69, 9.17) is 5.26 Å². The van der Waals surface area contributed by atoms with Crippen LogP contribution in [0.25, 0.3) is 0 Å². The van der Waals surface area contributed by atoms with Gasteiger partial charge < -0.3 is 0 Å². The molecule has 1 aliphatic heterocycles. The zero-order valence-corrected chi connectivity index (χ0v) is 10.8. The van der Waals surface area contributed by atoms with Gasteiger partial charge in [-0.3, -0.25) is 0 Å². The monoisotopic (exact) mass is 277 g/mol. The zero-order valence-electron chi connectivity index (χ0n) is 9.98. The van der Waals surface area contributed by atoms with Crippen molar-refractivity contribution in [1.29, 1.82) is 5.26 Å². The predicted octanol–water partition coefficient (Wildman–Crippen LogP) is 1.00. The Morgan fingerprint density at radius 2 is 2.21 bits per heavy atom. The van der Waals surface area contributed by atoms with E-state index >= 15 is 0 Å². The molecular weight excluding hydrogens is 266 g/mol. The fraction of sp³-hybridized carbons (Fsp3) is 0.333. The summed E-state index contributed by atoms with van der Waals surface area (Å²) in [5, 5.41) is 8.80. The van der Waals surface area contributed by atoms with Crippen molar-refractivity contribution in [3.63, 3.8) is 0 Å². The van der Waals surface area contributed by atoms with E-state index in [2.05, 4.69) is 4.99 Å². The number of nitrogens with zero attached hydrogens (tertiary/aromatic N) is 3. The Labute approximate surface area is 111 Å². The molecule has 1 unspecified atom stereocenters. The maximum Gasteiger partial charge on any atom is 0.244 e. The highest BCUT2D eigenvalue weighted by atomic mass is 32.2. The van der Waals surface area contributed by atoms with Gasteiger partial charge in [0, 0.05) is 6.54 Å². The van der Waals surface area contributed by atoms with Gasteiger partial charge in [-0.15, -0.1) is 0 Å². The van der Waals surface area contributed by atoms with Crippen LogP contribution in [0.2, 0.25) is 0 Å². The molecule has 1 aromatic rings. The van der Waals surface area contributed by atoms with Gasteiger partial charge in [0.15, 0.2) is 0 Å². The van der Waals surface area contributed by atoms with E-state index in [9.17, 15) is 13.2 Å². The summed E-state index contributed by atoms with van der Waals surface area (Å²) in [6, 6.07) is 7.68. The number of isocyanates is 1. The van der Waals surface area contributed by atoms with Gasteiger partial charge in [-0.1, -0.05) is 6.07 Å². The van der Waals surface area contributed by atoms with Gasteiger partial charge in [0.1, 0.15) is 6.17 Å². The molecule has 6 nitrogen and oxygen atoms in total. The highest BCUT2D eigenvalue weighted by Gasteiger charge is 2.35. The summed E-state index contributed by atoms with van der Waals surface area (Å²) in [6.07, 6.45) is 1.87. The Kier molecular flexibility index (Phi) is 3.76. The number of hydrogen-bond acceptors (Lipinski definition) is 5. The predicted molar refractivity (Wildman–Crippen MR) is 66.2 cm³/mol. The molecule has 0 aliphatic carbocycles. The van der Waals surface area contributed by atoms with E-state index in [-0.39, 0.29) is 10.5 Å². The van der Waals surface area contributed by atoms with Crippen LogP contribution in [0.1, 0.15) is 18.4 Å². The molecule has 0 radical (unpaired) electrons. The molecule has 0 saturated carbocycles. The second-order valence-corrected chi connectivity index (χ2v) is 5.99. The molecule has 1 heterocycles. The average Bonchev–Trinajstić information content (AvgIpc) is 2.88. The summed E-state index contributed by atoms with van der Waals surface area (Å²) in [6.45, 7) is 0.314. The van der Waals surface area contributed by atoms with Crippen LogP contribution in [-0.4, -0.2) is 31.5 Å². The van der Waals surface area contributed by atoms with Gasteiger partial charge >= 0.3 is 0 Å². The second-order valence-electron chi connectivity index (χ2n) is 4.10. The minimum atomic E-state index is -3.73. The normalized spacial score (nSPS) is 19.6. The molecule has 0 aromatic heterocycles. The molecule has 1 atom stereocenters. The molecule has 1 aliphatic rings. The van der Waals surface area contributed by atoms with Crippen molar-refractivity contribution < 1.29 is 13.2 Å². The molecule has 0 bridgehead atoms. The summed E-state index contributed by atoms with van der Waals surface area (Å²) in [7, 11) is -3.73. The Morgan fingerprint density at radius 3 is 2.89 bits per heavy atom. The Hall–Kier alpha value is -2.00. The highest BCUT2D eigenvalue weighted by Crippen LogP contribution is 2.26. The van der Waals surface area contributed by atoms with Crippen LogP contribution in [0.3, 0.4) is 0 Å². The molecule has 0 amide bonds. The van der Waals surface area contributed by atoms with Crippen LogP contribution in [0.4, 0.5) is 0 Å². The molecule has 98 valence electrons. The van der Waals surface area contributed by atoms with Crippen molar-refractivity contribution in [3.05, 3.63) is 29.8 Å². The van der Waals surface area contributed by atoms with Crippen molar-refractivity contribution in [2.24, 2.45) is 4.99 Å². The SMILES string of the molecule is N#Cc1cccc(S(=O)(=O)N2CCCC2N=C=O)c1. The molecule has 1 aromatic carbocycles. The second kappa shape index (κ2) is 5.33. The van der Waals surface area contributed by atoms with Crippen molar-refractivity contribution in [2.45, 2.75) is 23.9 Å². The molecule has 19 heavy (non-hydrogen) atoms. The fourth-order valence-electron chi connectivity index (χ4n) is 2.05. The Bertz CT molecular complexity index is 672. The van der Waals surface area contributed by atoms with Crippen LogP contribution in [-0.2, 0) is 14.8 Å². The van der Waals surface area contributed by atoms with Gasteiger partial charge in [-0.2, -0.15) is 14.6 Å². The topological polar surface area (TPSA) is 90.6 Å². The van der Waals surface area contributed by atoms with E-state index in [0.717, 1.165) is 0 Å². The van der Waals surface area contributed by atoms with Crippen LogP contribution in [0, 0.1) is 11.3 Å². The van der Waals surface area contributed by atoms with Gasteiger partial charge in [-0.05, 0) is 31.0 Å². The van der Waals surface area contributed by atoms with Crippen molar-refractivity contribution in [3.8, 4) is 6.07 Å². The first kappa shape index (κ1) is 13.4. The summed E-state index contributed by atoms with van der Waals surface area (Å²) >= 11 is 0. The lowest BCUT2D eigenvalue weighted by molar-refractivity contribution is 0.395. The van der Waals surface area contributed by atoms with Crippen molar-refractivity contribution >= 4 is 16.1 Å². The minimum absolute atomic E-state index is 0.0412. The molecule has 1 fully saturated rings. The first-order chi connectivity index (χ1) is 9.09. The van der Waals surface area contributed by atoms with Crippen molar-refractivity contribution in [2.75, 3.05) is 6.54 Å². The summed E-state index contributed by atoms with van der Waals surface area (Å²) in [5.74, 6) is 0. The lowest BCUT2D eigenvalue weighted by Gasteiger charge is -2.19. The zero-order chi connectivity index (χ0) is 13.9. The maximum atomic E-state index is 12.4. The van der Waals surface area contributed by atoms with Gasteiger partial charge in [0.25, 0.3) is 0 Å². The summed E-state index contributed by atoms with van der Waals surface area (Å²) in [5.41, 5.74) is 0.274. The number of carbonyl (C=O) groups excluding carboxylic acids is 1. The third kappa shape index (κ3) is 2.56. The smallest absolute Gasteiger partial charge is 0.211 e. The maximum absolute atomic E-state index is 12.4. The number of benzene rings is 1. The van der Waals surface area contributed by atoms with Crippen molar-refractivity contribution in [1.82, 2.24) is 4.31 Å². The number of nitriles is 1. The Morgan fingerprint density at radius 1 is 1.42 bits per heavy atom. The average molecular weight is 277 g/mol. The lowest BCUT2D eigenvalue weighted by atomic mass is 10.2. The van der Waals surface area contributed by atoms with Crippen LogP contribution in [0.5, 0.6) is 0 Å². The van der Waals surface area contributed by atoms with Gasteiger partial charge in [0.2, 0.25) is 16.1 Å². The third-order valence-corrected chi connectivity index (χ3v) is 4.84. The first-order valence-electron chi connectivity index (χ1n) is 5.68. The first-order valence-corrected chi connectivity index (χ1v) is 7.12. The van der Waals surface area contributed by atoms with Crippen LogP contribution >= 0.6 is 0 Å². The molecule has 1 saturated heterocycles. The third-order valence-electron chi connectivity index (χ3n) is 2.94. The van der Waals surface area contributed by atoms with Gasteiger partial charge in [-0.25, -0.2) is 13.2 Å². The fourth-order valence-corrected chi connectivity index (χ4v) is 3.69. The van der Waals surface area contributed by atoms with Gasteiger partial charge in [0.05, 0.1) is 16.5 Å². The summed E-state index contributed by atoms with van der Waals surface area (Å²) < 4.78 is 26.0. The van der Waals surface area contributed by atoms with E-state index < -0.39 is 16.2 Å². The number of aliphatic imine (C=N–C) groups is 1. The van der Waals surface area contributed by atoms with Crippen LogP contribution < -0.4 is 0 Å². The van der Waals surface area contributed by atoms with E-state index in [1.165, 1.54) is 34.7 Å². The Balaban J connectivity index is 2.42. The van der Waals surface area contributed by atoms with E-state index in [0.29, 0.717) is 19.4 Å². The molecule has 2 rings (SSSR count). The quantitative estimate of drug-likeness (QED) is 0.609. The minimum Gasteiger partial charge on any atom is -0.211 e. The number of hydrogen-bond donors (Lipinski definition) is 0. The standard InChI is InChI=1S/C12H11N3O3S/c13-8-10-3-1-4-11(7-10)19(17,18)15-6-2-5-12(15)14-9-16/h1,3-4,7,12H,2,5-6H2. The molecule has 7 heteroatoms. The molecular formula is C12H11N3O3S. The highest BCUT2D eigenvalue weighted by molar-refractivity contribution is 7.89. The molecule has 0 spiro atoms. The van der Waals surface area contributed by atoms with E-state index in [1.54, 1.807) is 0 Å². The largest absolute Gasteiger partial charge is 0.244 e. The summed E-state index contributed by atoms with van der Waals surface area (Å²) in [4.78, 5) is 13.9. The number of sulfonamides is 1. The van der Waals surface area contributed by atoms with E-state index in [1.807, 2.05) is 6.07 Å². The van der Waals surface area contributed by atoms with Crippen LogP contribution in [0.15, 0.2) is 34.2 Å².